The highest BCUT2D eigenvalue weighted by atomic mass is 19.1. The van der Waals surface area contributed by atoms with E-state index in [1.165, 1.54) is 12.1 Å². The smallest absolute Gasteiger partial charge is 0.268 e. The summed E-state index contributed by atoms with van der Waals surface area (Å²) in [6.07, 6.45) is 0.318. The lowest BCUT2D eigenvalue weighted by molar-refractivity contribution is -0.114. The van der Waals surface area contributed by atoms with E-state index in [0.717, 1.165) is 5.56 Å². The summed E-state index contributed by atoms with van der Waals surface area (Å²) in [6, 6.07) is 9.46. The Kier molecular flexibility index (Phi) is 4.33. The van der Waals surface area contributed by atoms with E-state index in [1.54, 1.807) is 31.2 Å². The fraction of sp³-hybridized carbons (Fsp3) is 0.176. The van der Waals surface area contributed by atoms with Crippen LogP contribution in [0.5, 0.6) is 0 Å². The molecule has 0 fully saturated rings. The van der Waals surface area contributed by atoms with Crippen LogP contribution in [0.4, 0.5) is 4.39 Å². The molecule has 6 nitrogen and oxygen atoms in total. The molecule has 2 aromatic heterocycles. The third kappa shape index (κ3) is 3.62. The second kappa shape index (κ2) is 6.57. The molecule has 0 bridgehead atoms. The van der Waals surface area contributed by atoms with Crippen molar-refractivity contribution in [2.24, 2.45) is 0 Å². The molecule has 1 N–H and O–H groups in total. The zero-order valence-electron chi connectivity index (χ0n) is 12.9. The number of nitrogens with one attached hydrogen (secondary N) is 1. The van der Waals surface area contributed by atoms with Crippen molar-refractivity contribution in [3.8, 4) is 0 Å². The van der Waals surface area contributed by atoms with E-state index < -0.39 is 11.6 Å². The van der Waals surface area contributed by atoms with Crippen molar-refractivity contribution in [3.63, 3.8) is 0 Å². The molecule has 3 rings (SSSR count). The summed E-state index contributed by atoms with van der Waals surface area (Å²) >= 11 is 0. The molecule has 0 spiro atoms. The molecule has 0 saturated heterocycles. The van der Waals surface area contributed by atoms with Crippen LogP contribution in [-0.4, -0.2) is 26.7 Å². The highest BCUT2D eigenvalue weighted by Gasteiger charge is 2.22. The Morgan fingerprint density at radius 3 is 2.50 bits per heavy atom. The Bertz CT molecular complexity index is 881. The van der Waals surface area contributed by atoms with E-state index in [-0.39, 0.29) is 18.1 Å². The number of benzene rings is 1. The zero-order valence-corrected chi connectivity index (χ0v) is 12.9. The van der Waals surface area contributed by atoms with Crippen molar-refractivity contribution in [2.75, 3.05) is 0 Å². The van der Waals surface area contributed by atoms with Crippen molar-refractivity contribution in [1.29, 1.82) is 0 Å². The van der Waals surface area contributed by atoms with Crippen LogP contribution in [0.25, 0.3) is 0 Å². The first kappa shape index (κ1) is 15.8. The van der Waals surface area contributed by atoms with Crippen LogP contribution < -0.4 is 0 Å². The SMILES string of the molecule is Cc1nc(C(=O)C(=O)Cc2ccc(Cc3ccc(F)cc3)o2)n[nH]1. The Hall–Kier alpha value is -3.09. The van der Waals surface area contributed by atoms with Crippen molar-refractivity contribution in [1.82, 2.24) is 15.2 Å². The molecular weight excluding hydrogens is 313 g/mol. The first-order valence-corrected chi connectivity index (χ1v) is 7.30. The summed E-state index contributed by atoms with van der Waals surface area (Å²) < 4.78 is 18.4. The maximum atomic E-state index is 12.9. The maximum Gasteiger partial charge on any atom is 0.268 e. The molecule has 0 radical (unpaired) electrons. The van der Waals surface area contributed by atoms with E-state index in [1.807, 2.05) is 0 Å². The van der Waals surface area contributed by atoms with Crippen LogP contribution in [0.2, 0.25) is 0 Å². The number of H-pyrrole nitrogens is 1. The second-order valence-corrected chi connectivity index (χ2v) is 5.34. The molecule has 0 atom stereocenters. The van der Waals surface area contributed by atoms with Crippen molar-refractivity contribution in [3.05, 3.63) is 70.9 Å². The number of furan rings is 1. The molecule has 2 heterocycles. The van der Waals surface area contributed by atoms with Crippen molar-refractivity contribution >= 4 is 11.6 Å². The molecule has 0 unspecified atom stereocenters. The quantitative estimate of drug-likeness (QED) is 0.555. The predicted octanol–water partition coefficient (Wildman–Crippen LogP) is 2.43. The number of carbonyl (C=O) groups excluding carboxylic acids is 2. The minimum Gasteiger partial charge on any atom is -0.465 e. The van der Waals surface area contributed by atoms with Crippen molar-refractivity contribution < 1.29 is 18.4 Å². The number of nitrogens with zero attached hydrogens (tertiary/aromatic N) is 2. The van der Waals surface area contributed by atoms with Gasteiger partial charge in [0, 0.05) is 6.42 Å². The van der Waals surface area contributed by atoms with Gasteiger partial charge in [0.15, 0.2) is 0 Å². The van der Waals surface area contributed by atoms with Gasteiger partial charge in [-0.3, -0.25) is 14.7 Å². The summed E-state index contributed by atoms with van der Waals surface area (Å²) in [5.41, 5.74) is 0.885. The van der Waals surface area contributed by atoms with Gasteiger partial charge in [-0.05, 0) is 36.8 Å². The molecule has 0 aliphatic carbocycles. The number of aromatic nitrogens is 3. The van der Waals surface area contributed by atoms with Gasteiger partial charge in [-0.25, -0.2) is 9.37 Å². The van der Waals surface area contributed by atoms with Crippen LogP contribution in [0, 0.1) is 12.7 Å². The Balaban J connectivity index is 1.64. The molecule has 0 saturated carbocycles. The summed E-state index contributed by atoms with van der Waals surface area (Å²) in [4.78, 5) is 27.7. The first-order valence-electron chi connectivity index (χ1n) is 7.30. The lowest BCUT2D eigenvalue weighted by atomic mass is 10.1. The van der Waals surface area contributed by atoms with E-state index in [0.29, 0.717) is 23.8 Å². The Labute approximate surface area is 136 Å². The van der Waals surface area contributed by atoms with Gasteiger partial charge in [-0.15, -0.1) is 5.10 Å². The van der Waals surface area contributed by atoms with Gasteiger partial charge in [0.1, 0.15) is 23.2 Å². The molecule has 3 aromatic rings. The standard InChI is InChI=1S/C17H14FN3O3/c1-10-19-17(21-20-10)16(23)15(22)9-14-7-6-13(24-14)8-11-2-4-12(18)5-3-11/h2-7H,8-9H2,1H3,(H,19,20,21). The lowest BCUT2D eigenvalue weighted by Crippen LogP contribution is -2.18. The van der Waals surface area contributed by atoms with Crippen LogP contribution >= 0.6 is 0 Å². The third-order valence-corrected chi connectivity index (χ3v) is 3.40. The Morgan fingerprint density at radius 2 is 1.83 bits per heavy atom. The number of halogens is 1. The van der Waals surface area contributed by atoms with Gasteiger partial charge in [-0.1, -0.05) is 12.1 Å². The number of aryl methyl sites for hydroxylation is 1. The lowest BCUT2D eigenvalue weighted by Gasteiger charge is -1.98. The monoisotopic (exact) mass is 327 g/mol. The van der Waals surface area contributed by atoms with E-state index in [2.05, 4.69) is 15.2 Å². The minimum atomic E-state index is -0.754. The number of Topliss-reactive ketones (excluding diaryl/α,β-unsaturated/α-hetero) is 2. The normalized spacial score (nSPS) is 10.8. The predicted molar refractivity (Wildman–Crippen MR) is 82.1 cm³/mol. The molecule has 122 valence electrons. The summed E-state index contributed by atoms with van der Waals surface area (Å²) in [6.45, 7) is 1.64. The molecule has 7 heteroatoms. The number of hydrogen-bond acceptors (Lipinski definition) is 5. The summed E-state index contributed by atoms with van der Waals surface area (Å²) in [5.74, 6) is -0.359. The topological polar surface area (TPSA) is 88.8 Å². The Morgan fingerprint density at radius 1 is 1.12 bits per heavy atom. The average Bonchev–Trinajstić information content (AvgIpc) is 3.18. The molecular formula is C17H14FN3O3. The first-order chi connectivity index (χ1) is 11.5. The molecule has 0 aliphatic heterocycles. The highest BCUT2D eigenvalue weighted by molar-refractivity contribution is 6.43. The van der Waals surface area contributed by atoms with Gasteiger partial charge in [0.25, 0.3) is 5.78 Å². The maximum absolute atomic E-state index is 12.9. The third-order valence-electron chi connectivity index (χ3n) is 3.40. The van der Waals surface area contributed by atoms with E-state index in [9.17, 15) is 14.0 Å². The number of rotatable bonds is 6. The van der Waals surface area contributed by atoms with Crippen LogP contribution in [0.3, 0.4) is 0 Å². The second-order valence-electron chi connectivity index (χ2n) is 5.34. The van der Waals surface area contributed by atoms with E-state index in [4.69, 9.17) is 4.42 Å². The molecule has 1 aromatic carbocycles. The van der Waals surface area contributed by atoms with Crippen LogP contribution in [-0.2, 0) is 17.6 Å². The minimum absolute atomic E-state index is 0.143. The summed E-state index contributed by atoms with van der Waals surface area (Å²) in [7, 11) is 0. The number of carbonyl (C=O) groups is 2. The van der Waals surface area contributed by atoms with Gasteiger partial charge in [0.2, 0.25) is 11.6 Å². The van der Waals surface area contributed by atoms with E-state index >= 15 is 0 Å². The zero-order chi connectivity index (χ0) is 17.1. The van der Waals surface area contributed by atoms with Crippen LogP contribution in [0.1, 0.15) is 33.5 Å². The number of ketones is 2. The van der Waals surface area contributed by atoms with Gasteiger partial charge in [-0.2, -0.15) is 0 Å². The molecule has 0 amide bonds. The fourth-order valence-corrected chi connectivity index (χ4v) is 2.22. The van der Waals surface area contributed by atoms with Gasteiger partial charge < -0.3 is 4.42 Å². The average molecular weight is 327 g/mol. The summed E-state index contributed by atoms with van der Waals surface area (Å²) in [5, 5.41) is 6.20. The van der Waals surface area contributed by atoms with Crippen molar-refractivity contribution in [2.45, 2.75) is 19.8 Å². The van der Waals surface area contributed by atoms with Gasteiger partial charge in [0.05, 0.1) is 6.42 Å². The number of aromatic amines is 1. The fourth-order valence-electron chi connectivity index (χ4n) is 2.22. The van der Waals surface area contributed by atoms with Crippen LogP contribution in [0.15, 0.2) is 40.8 Å². The largest absolute Gasteiger partial charge is 0.465 e. The molecule has 24 heavy (non-hydrogen) atoms. The highest BCUT2D eigenvalue weighted by Crippen LogP contribution is 2.15. The van der Waals surface area contributed by atoms with Gasteiger partial charge >= 0.3 is 0 Å². The molecule has 0 aliphatic rings. The number of hydrogen-bond donors (Lipinski definition) is 1.